The van der Waals surface area contributed by atoms with E-state index in [2.05, 4.69) is 10.3 Å². The summed E-state index contributed by atoms with van der Waals surface area (Å²) in [7, 11) is 1.61. The molecule has 0 aliphatic heterocycles. The zero-order valence-electron chi connectivity index (χ0n) is 15.7. The van der Waals surface area contributed by atoms with Gasteiger partial charge in [0, 0.05) is 42.0 Å². The van der Waals surface area contributed by atoms with Gasteiger partial charge in [0.15, 0.2) is 11.5 Å². The van der Waals surface area contributed by atoms with Gasteiger partial charge in [0.1, 0.15) is 13.2 Å². The minimum atomic E-state index is 0.453. The van der Waals surface area contributed by atoms with E-state index in [0.717, 1.165) is 11.1 Å². The fourth-order valence-electron chi connectivity index (χ4n) is 2.68. The lowest BCUT2D eigenvalue weighted by Gasteiger charge is -2.16. The van der Waals surface area contributed by atoms with Gasteiger partial charge < -0.3 is 19.5 Å². The van der Waals surface area contributed by atoms with Crippen LogP contribution in [0.1, 0.15) is 11.1 Å². The van der Waals surface area contributed by atoms with Gasteiger partial charge in [0.25, 0.3) is 0 Å². The number of ether oxygens (including phenoxy) is 3. The molecule has 0 bridgehead atoms. The lowest BCUT2D eigenvalue weighted by atomic mass is 10.1. The first-order valence-corrected chi connectivity index (χ1v) is 9.41. The molecule has 146 valence electrons. The van der Waals surface area contributed by atoms with E-state index in [1.165, 1.54) is 0 Å². The van der Waals surface area contributed by atoms with Crippen LogP contribution >= 0.6 is 11.6 Å². The van der Waals surface area contributed by atoms with Crippen LogP contribution in [-0.2, 0) is 13.2 Å². The summed E-state index contributed by atoms with van der Waals surface area (Å²) in [5, 5.41) is 3.94. The number of benzene rings is 2. The number of hydrogen-bond acceptors (Lipinski definition) is 5. The molecular weight excluding hydrogens is 376 g/mol. The Morgan fingerprint density at radius 1 is 1.00 bits per heavy atom. The van der Waals surface area contributed by atoms with E-state index in [9.17, 15) is 0 Å². The van der Waals surface area contributed by atoms with Crippen LogP contribution in [0.3, 0.4) is 0 Å². The Hall–Kier alpha value is -2.76. The van der Waals surface area contributed by atoms with Crippen LogP contribution in [0.25, 0.3) is 0 Å². The van der Waals surface area contributed by atoms with Gasteiger partial charge in [-0.3, -0.25) is 0 Å². The number of methoxy groups -OCH3 is 1. The van der Waals surface area contributed by atoms with Crippen molar-refractivity contribution in [2.75, 3.05) is 20.3 Å². The normalized spacial score (nSPS) is 10.5. The van der Waals surface area contributed by atoms with Crippen molar-refractivity contribution in [3.63, 3.8) is 0 Å². The summed E-state index contributed by atoms with van der Waals surface area (Å²) in [6.07, 6.45) is 1.71. The number of aromatic nitrogens is 1. The first-order valence-electron chi connectivity index (χ1n) is 9.04. The van der Waals surface area contributed by atoms with Gasteiger partial charge in [0.2, 0.25) is 5.88 Å². The SMILES string of the molecule is COc1cc(Cl)cc(CNCCOc2ccccn2)c1OCc1ccccc1. The summed E-state index contributed by atoms with van der Waals surface area (Å²) >= 11 is 6.24. The second kappa shape index (κ2) is 10.5. The lowest BCUT2D eigenvalue weighted by molar-refractivity contribution is 0.278. The van der Waals surface area contributed by atoms with Gasteiger partial charge in [0.05, 0.1) is 7.11 Å². The van der Waals surface area contributed by atoms with E-state index in [1.54, 1.807) is 19.4 Å². The summed E-state index contributed by atoms with van der Waals surface area (Å²) in [5.74, 6) is 1.92. The van der Waals surface area contributed by atoms with E-state index >= 15 is 0 Å². The Balaban J connectivity index is 1.59. The Morgan fingerprint density at radius 3 is 2.57 bits per heavy atom. The average molecular weight is 399 g/mol. The molecule has 2 aromatic carbocycles. The van der Waals surface area contributed by atoms with Gasteiger partial charge in [-0.05, 0) is 17.7 Å². The molecule has 6 heteroatoms. The number of halogens is 1. The molecule has 1 aromatic heterocycles. The highest BCUT2D eigenvalue weighted by molar-refractivity contribution is 6.30. The third-order valence-electron chi connectivity index (χ3n) is 4.02. The molecule has 28 heavy (non-hydrogen) atoms. The van der Waals surface area contributed by atoms with Crippen molar-refractivity contribution >= 4 is 11.6 Å². The largest absolute Gasteiger partial charge is 0.493 e. The first-order chi connectivity index (χ1) is 13.8. The third-order valence-corrected chi connectivity index (χ3v) is 4.24. The summed E-state index contributed by atoms with van der Waals surface area (Å²) in [4.78, 5) is 4.13. The Labute approximate surface area is 170 Å². The Morgan fingerprint density at radius 2 is 1.82 bits per heavy atom. The average Bonchev–Trinajstić information content (AvgIpc) is 2.73. The summed E-state index contributed by atoms with van der Waals surface area (Å²) < 4.78 is 17.1. The summed E-state index contributed by atoms with van der Waals surface area (Å²) in [6, 6.07) is 19.2. The van der Waals surface area contributed by atoms with Crippen LogP contribution in [0.5, 0.6) is 17.4 Å². The highest BCUT2D eigenvalue weighted by Gasteiger charge is 2.13. The number of rotatable bonds is 10. The predicted molar refractivity (Wildman–Crippen MR) is 110 cm³/mol. The van der Waals surface area contributed by atoms with E-state index in [1.807, 2.05) is 54.6 Å². The van der Waals surface area contributed by atoms with Crippen LogP contribution in [0, 0.1) is 0 Å². The molecule has 1 heterocycles. The van der Waals surface area contributed by atoms with E-state index in [0.29, 0.717) is 48.7 Å². The van der Waals surface area contributed by atoms with Crippen molar-refractivity contribution in [3.8, 4) is 17.4 Å². The van der Waals surface area contributed by atoms with Crippen molar-refractivity contribution in [2.45, 2.75) is 13.2 Å². The molecule has 5 nitrogen and oxygen atoms in total. The minimum absolute atomic E-state index is 0.453. The molecule has 3 rings (SSSR count). The van der Waals surface area contributed by atoms with E-state index in [-0.39, 0.29) is 0 Å². The molecule has 0 radical (unpaired) electrons. The van der Waals surface area contributed by atoms with Crippen molar-refractivity contribution < 1.29 is 14.2 Å². The fraction of sp³-hybridized carbons (Fsp3) is 0.227. The van der Waals surface area contributed by atoms with Crippen molar-refractivity contribution in [2.24, 2.45) is 0 Å². The molecule has 0 saturated carbocycles. The van der Waals surface area contributed by atoms with Crippen LogP contribution < -0.4 is 19.5 Å². The number of pyridine rings is 1. The van der Waals surface area contributed by atoms with Crippen LogP contribution in [0.4, 0.5) is 0 Å². The van der Waals surface area contributed by atoms with Crippen LogP contribution in [-0.4, -0.2) is 25.2 Å². The maximum Gasteiger partial charge on any atom is 0.213 e. The molecule has 1 N–H and O–H groups in total. The fourth-order valence-corrected chi connectivity index (χ4v) is 2.91. The maximum absolute atomic E-state index is 6.24. The number of nitrogens with zero attached hydrogens (tertiary/aromatic N) is 1. The van der Waals surface area contributed by atoms with Gasteiger partial charge >= 0.3 is 0 Å². The predicted octanol–water partition coefficient (Wildman–Crippen LogP) is 4.49. The molecule has 0 amide bonds. The third kappa shape index (κ3) is 5.87. The standard InChI is InChI=1S/C22H23ClN2O3/c1-26-20-14-19(23)13-18(22(20)28-16-17-7-3-2-4-8-17)15-24-11-12-27-21-9-5-6-10-25-21/h2-10,13-14,24H,11-12,15-16H2,1H3. The summed E-state index contributed by atoms with van der Waals surface area (Å²) in [5.41, 5.74) is 2.01. The van der Waals surface area contributed by atoms with Crippen molar-refractivity contribution in [3.05, 3.63) is 83.0 Å². The maximum atomic E-state index is 6.24. The molecule has 0 spiro atoms. The second-order valence-corrected chi connectivity index (χ2v) is 6.50. The van der Waals surface area contributed by atoms with Gasteiger partial charge in [-0.15, -0.1) is 0 Å². The first kappa shape index (κ1) is 20.0. The molecule has 0 unspecified atom stereocenters. The highest BCUT2D eigenvalue weighted by atomic mass is 35.5. The molecule has 0 aliphatic rings. The van der Waals surface area contributed by atoms with Crippen LogP contribution in [0.15, 0.2) is 66.9 Å². The number of nitrogens with one attached hydrogen (secondary N) is 1. The lowest BCUT2D eigenvalue weighted by Crippen LogP contribution is -2.21. The molecule has 0 atom stereocenters. The van der Waals surface area contributed by atoms with Gasteiger partial charge in [-0.25, -0.2) is 4.98 Å². The molecule has 0 saturated heterocycles. The van der Waals surface area contributed by atoms with Crippen molar-refractivity contribution in [1.29, 1.82) is 0 Å². The molecule has 3 aromatic rings. The highest BCUT2D eigenvalue weighted by Crippen LogP contribution is 2.35. The monoisotopic (exact) mass is 398 g/mol. The zero-order chi connectivity index (χ0) is 19.6. The van der Waals surface area contributed by atoms with E-state index < -0.39 is 0 Å². The molecule has 0 fully saturated rings. The zero-order valence-corrected chi connectivity index (χ0v) is 16.5. The molecular formula is C22H23ClN2O3. The quantitative estimate of drug-likeness (QED) is 0.510. The second-order valence-electron chi connectivity index (χ2n) is 6.06. The minimum Gasteiger partial charge on any atom is -0.493 e. The summed E-state index contributed by atoms with van der Waals surface area (Å²) in [6.45, 7) is 2.19. The van der Waals surface area contributed by atoms with Crippen molar-refractivity contribution in [1.82, 2.24) is 10.3 Å². The van der Waals surface area contributed by atoms with E-state index in [4.69, 9.17) is 25.8 Å². The van der Waals surface area contributed by atoms with Crippen LogP contribution in [0.2, 0.25) is 5.02 Å². The molecule has 0 aliphatic carbocycles. The topological polar surface area (TPSA) is 52.6 Å². The van der Waals surface area contributed by atoms with Gasteiger partial charge in [-0.1, -0.05) is 48.0 Å². The Kier molecular flexibility index (Phi) is 7.53. The van der Waals surface area contributed by atoms with Gasteiger partial charge in [-0.2, -0.15) is 0 Å². The number of hydrogen-bond donors (Lipinski definition) is 1. The smallest absolute Gasteiger partial charge is 0.213 e. The Bertz CT molecular complexity index is 860.